The monoisotopic (exact) mass is 308 g/mol. The Hall–Kier alpha value is -1.79. The summed E-state index contributed by atoms with van der Waals surface area (Å²) in [6.45, 7) is 5.24. The summed E-state index contributed by atoms with van der Waals surface area (Å²) < 4.78 is 10.5. The van der Waals surface area contributed by atoms with Crippen LogP contribution in [-0.4, -0.2) is 73.9 Å². The van der Waals surface area contributed by atoms with Crippen molar-refractivity contribution in [3.8, 4) is 11.5 Å². The topological polar surface area (TPSA) is 62.2 Å². The Bertz CT molecular complexity index is 511. The van der Waals surface area contributed by atoms with Crippen LogP contribution in [0.25, 0.3) is 0 Å². The molecule has 1 atom stereocenters. The standard InChI is InChI=1S/C16H24N2O4/c1-12(19)11-17-6-8-18(9-7-17)16(20)14-10-13(21-2)4-5-15(14)22-3/h4-5,10,12,19H,6-9,11H2,1-3H3/t12-/m0/s1. The molecule has 0 bridgehead atoms. The van der Waals surface area contributed by atoms with Gasteiger partial charge >= 0.3 is 0 Å². The number of nitrogens with zero attached hydrogens (tertiary/aromatic N) is 2. The minimum Gasteiger partial charge on any atom is -0.497 e. The van der Waals surface area contributed by atoms with Gasteiger partial charge in [-0.3, -0.25) is 9.69 Å². The molecule has 1 aromatic rings. The van der Waals surface area contributed by atoms with Crippen molar-refractivity contribution in [2.75, 3.05) is 46.9 Å². The van der Waals surface area contributed by atoms with E-state index in [2.05, 4.69) is 4.90 Å². The molecule has 1 aromatic carbocycles. The van der Waals surface area contributed by atoms with Crippen LogP contribution in [0.1, 0.15) is 17.3 Å². The predicted molar refractivity (Wildman–Crippen MR) is 83.6 cm³/mol. The molecule has 2 rings (SSSR count). The van der Waals surface area contributed by atoms with Crippen LogP contribution >= 0.6 is 0 Å². The molecule has 6 heteroatoms. The third-order valence-electron chi connectivity index (χ3n) is 3.82. The number of piperazine rings is 1. The second kappa shape index (κ2) is 7.47. The van der Waals surface area contributed by atoms with Gasteiger partial charge in [-0.15, -0.1) is 0 Å². The number of hydrogen-bond acceptors (Lipinski definition) is 5. The Morgan fingerprint density at radius 3 is 2.45 bits per heavy atom. The Morgan fingerprint density at radius 2 is 1.91 bits per heavy atom. The third kappa shape index (κ3) is 3.90. The van der Waals surface area contributed by atoms with Crippen molar-refractivity contribution in [1.29, 1.82) is 0 Å². The highest BCUT2D eigenvalue weighted by molar-refractivity contribution is 5.97. The highest BCUT2D eigenvalue weighted by Crippen LogP contribution is 2.25. The van der Waals surface area contributed by atoms with E-state index in [0.29, 0.717) is 36.7 Å². The fourth-order valence-electron chi connectivity index (χ4n) is 2.66. The molecule has 122 valence electrons. The van der Waals surface area contributed by atoms with E-state index >= 15 is 0 Å². The van der Waals surface area contributed by atoms with Crippen LogP contribution in [0.2, 0.25) is 0 Å². The van der Waals surface area contributed by atoms with Crippen molar-refractivity contribution >= 4 is 5.91 Å². The molecular formula is C16H24N2O4. The van der Waals surface area contributed by atoms with Gasteiger partial charge in [0.15, 0.2) is 0 Å². The summed E-state index contributed by atoms with van der Waals surface area (Å²) in [4.78, 5) is 16.7. The lowest BCUT2D eigenvalue weighted by Crippen LogP contribution is -2.50. The molecule has 1 fully saturated rings. The molecule has 0 spiro atoms. The van der Waals surface area contributed by atoms with Gasteiger partial charge in [0.2, 0.25) is 0 Å². The molecule has 0 aromatic heterocycles. The highest BCUT2D eigenvalue weighted by atomic mass is 16.5. The maximum absolute atomic E-state index is 12.7. The Kier molecular flexibility index (Phi) is 5.63. The molecule has 1 aliphatic heterocycles. The van der Waals surface area contributed by atoms with Crippen molar-refractivity contribution < 1.29 is 19.4 Å². The Balaban J connectivity index is 2.06. The van der Waals surface area contributed by atoms with Gasteiger partial charge in [-0.05, 0) is 25.1 Å². The molecule has 6 nitrogen and oxygen atoms in total. The van der Waals surface area contributed by atoms with E-state index in [4.69, 9.17) is 9.47 Å². The van der Waals surface area contributed by atoms with E-state index in [1.807, 2.05) is 4.90 Å². The SMILES string of the molecule is COc1ccc(OC)c(C(=O)N2CCN(C[C@H](C)O)CC2)c1. The summed E-state index contributed by atoms with van der Waals surface area (Å²) in [5.41, 5.74) is 0.519. The first-order chi connectivity index (χ1) is 10.5. The molecule has 1 heterocycles. The number of carbonyl (C=O) groups is 1. The zero-order valence-electron chi connectivity index (χ0n) is 13.4. The fraction of sp³-hybridized carbons (Fsp3) is 0.562. The average molecular weight is 308 g/mol. The van der Waals surface area contributed by atoms with E-state index in [1.165, 1.54) is 0 Å². The second-order valence-corrected chi connectivity index (χ2v) is 5.51. The van der Waals surface area contributed by atoms with Crippen molar-refractivity contribution in [3.05, 3.63) is 23.8 Å². The molecule has 0 radical (unpaired) electrons. The van der Waals surface area contributed by atoms with E-state index in [1.54, 1.807) is 39.3 Å². The summed E-state index contributed by atoms with van der Waals surface area (Å²) in [5, 5.41) is 9.43. The van der Waals surface area contributed by atoms with E-state index in [0.717, 1.165) is 13.1 Å². The minimum atomic E-state index is -0.347. The Labute approximate surface area is 131 Å². The molecule has 1 amide bonds. The first kappa shape index (κ1) is 16.6. The number of amides is 1. The maximum Gasteiger partial charge on any atom is 0.257 e. The third-order valence-corrected chi connectivity index (χ3v) is 3.82. The van der Waals surface area contributed by atoms with Gasteiger partial charge in [-0.2, -0.15) is 0 Å². The van der Waals surface area contributed by atoms with Crippen molar-refractivity contribution in [2.45, 2.75) is 13.0 Å². The number of rotatable bonds is 5. The Morgan fingerprint density at radius 1 is 1.23 bits per heavy atom. The van der Waals surface area contributed by atoms with Gasteiger partial charge < -0.3 is 19.5 Å². The van der Waals surface area contributed by atoms with Crippen LogP contribution in [0, 0.1) is 0 Å². The zero-order chi connectivity index (χ0) is 16.1. The van der Waals surface area contributed by atoms with Gasteiger partial charge in [0.1, 0.15) is 11.5 Å². The number of benzene rings is 1. The van der Waals surface area contributed by atoms with Crippen molar-refractivity contribution in [1.82, 2.24) is 9.80 Å². The number of ether oxygens (including phenoxy) is 2. The van der Waals surface area contributed by atoms with Crippen LogP contribution in [0.15, 0.2) is 18.2 Å². The molecule has 1 aliphatic rings. The van der Waals surface area contributed by atoms with Gasteiger partial charge in [0.05, 0.1) is 25.9 Å². The normalized spacial score (nSPS) is 17.2. The summed E-state index contributed by atoms with van der Waals surface area (Å²) in [6.07, 6.45) is -0.347. The van der Waals surface area contributed by atoms with E-state index in [9.17, 15) is 9.90 Å². The largest absolute Gasteiger partial charge is 0.497 e. The zero-order valence-corrected chi connectivity index (χ0v) is 13.4. The van der Waals surface area contributed by atoms with Gasteiger partial charge in [-0.1, -0.05) is 0 Å². The number of methoxy groups -OCH3 is 2. The lowest BCUT2D eigenvalue weighted by atomic mass is 10.1. The van der Waals surface area contributed by atoms with Crippen LogP contribution < -0.4 is 9.47 Å². The predicted octanol–water partition coefficient (Wildman–Crippen LogP) is 0.842. The first-order valence-corrected chi connectivity index (χ1v) is 7.47. The summed E-state index contributed by atoms with van der Waals surface area (Å²) >= 11 is 0. The van der Waals surface area contributed by atoms with Crippen LogP contribution in [0.4, 0.5) is 0 Å². The molecule has 1 N–H and O–H groups in total. The average Bonchev–Trinajstić information content (AvgIpc) is 2.53. The van der Waals surface area contributed by atoms with Crippen LogP contribution in [-0.2, 0) is 0 Å². The molecule has 0 aliphatic carbocycles. The van der Waals surface area contributed by atoms with Crippen LogP contribution in [0.5, 0.6) is 11.5 Å². The van der Waals surface area contributed by atoms with Gasteiger partial charge in [-0.25, -0.2) is 0 Å². The molecular weight excluding hydrogens is 284 g/mol. The summed E-state index contributed by atoms with van der Waals surface area (Å²) in [5.74, 6) is 1.14. The maximum atomic E-state index is 12.7. The number of aliphatic hydroxyl groups is 1. The molecule has 0 unspecified atom stereocenters. The summed E-state index contributed by atoms with van der Waals surface area (Å²) in [6, 6.07) is 5.23. The number of aliphatic hydroxyl groups excluding tert-OH is 1. The van der Waals surface area contributed by atoms with E-state index < -0.39 is 0 Å². The molecule has 1 saturated heterocycles. The minimum absolute atomic E-state index is 0.0487. The highest BCUT2D eigenvalue weighted by Gasteiger charge is 2.25. The van der Waals surface area contributed by atoms with Gasteiger partial charge in [0.25, 0.3) is 5.91 Å². The number of hydrogen-bond donors (Lipinski definition) is 1. The second-order valence-electron chi connectivity index (χ2n) is 5.51. The fourth-order valence-corrected chi connectivity index (χ4v) is 2.66. The first-order valence-electron chi connectivity index (χ1n) is 7.47. The van der Waals surface area contributed by atoms with E-state index in [-0.39, 0.29) is 12.0 Å². The molecule has 22 heavy (non-hydrogen) atoms. The van der Waals surface area contributed by atoms with Gasteiger partial charge in [0, 0.05) is 32.7 Å². The van der Waals surface area contributed by atoms with Crippen molar-refractivity contribution in [2.24, 2.45) is 0 Å². The number of β-amino-alcohol motifs (C(OH)–C–C–N with tert-alkyl or cyclic N) is 1. The smallest absolute Gasteiger partial charge is 0.257 e. The number of carbonyl (C=O) groups excluding carboxylic acids is 1. The quantitative estimate of drug-likeness (QED) is 0.873. The molecule has 0 saturated carbocycles. The lowest BCUT2D eigenvalue weighted by molar-refractivity contribution is 0.0551. The van der Waals surface area contributed by atoms with Crippen molar-refractivity contribution in [3.63, 3.8) is 0 Å². The van der Waals surface area contributed by atoms with Crippen LogP contribution in [0.3, 0.4) is 0 Å². The lowest BCUT2D eigenvalue weighted by Gasteiger charge is -2.35. The summed E-state index contributed by atoms with van der Waals surface area (Å²) in [7, 11) is 3.13.